The third-order valence-corrected chi connectivity index (χ3v) is 13.6. The van der Waals surface area contributed by atoms with Crippen molar-refractivity contribution in [1.29, 1.82) is 0 Å². The van der Waals surface area contributed by atoms with E-state index in [-0.39, 0.29) is 62.3 Å². The van der Waals surface area contributed by atoms with Gasteiger partial charge < -0.3 is 54.9 Å². The molecule has 0 spiro atoms. The van der Waals surface area contributed by atoms with Crippen LogP contribution in [-0.2, 0) is 30.3 Å². The summed E-state index contributed by atoms with van der Waals surface area (Å²) in [5, 5.41) is 77.8. The zero-order chi connectivity index (χ0) is 50.1. The van der Waals surface area contributed by atoms with E-state index in [2.05, 4.69) is 10.2 Å². The number of phenolic OH excluding ortho intramolecular Hbond substituents is 4. The number of aliphatic hydroxyl groups excluding tert-OH is 2. The van der Waals surface area contributed by atoms with Crippen LogP contribution in [0.15, 0.2) is 65.5 Å². The van der Waals surface area contributed by atoms with Gasteiger partial charge in [0.15, 0.2) is 5.75 Å². The van der Waals surface area contributed by atoms with Gasteiger partial charge in [-0.1, -0.05) is 58.1 Å². The number of hydrazone groups is 1. The van der Waals surface area contributed by atoms with Gasteiger partial charge in [0.1, 0.15) is 29.1 Å². The molecular weight excluding hydrogens is 877 g/mol. The molecule has 0 aliphatic carbocycles. The minimum Gasteiger partial charge on any atom is -0.508 e. The zero-order valence-electron chi connectivity index (χ0n) is 40.6. The van der Waals surface area contributed by atoms with Gasteiger partial charge in [-0.2, -0.15) is 5.10 Å². The molecule has 0 radical (unpaired) electrons. The number of amides is 1. The van der Waals surface area contributed by atoms with Crippen LogP contribution >= 0.6 is 0 Å². The normalized spacial score (nSPS) is 31.5. The highest BCUT2D eigenvalue weighted by atomic mass is 16.7. The van der Waals surface area contributed by atoms with E-state index in [9.17, 15) is 45.0 Å². The first-order chi connectivity index (χ1) is 32.0. The highest BCUT2D eigenvalue weighted by Gasteiger charge is 2.50. The Morgan fingerprint density at radius 2 is 1.54 bits per heavy atom. The maximum Gasteiger partial charge on any atom is 0.312 e. The molecule has 1 amide bonds. The third kappa shape index (κ3) is 10.2. The van der Waals surface area contributed by atoms with Gasteiger partial charge in [0.25, 0.3) is 11.7 Å². The summed E-state index contributed by atoms with van der Waals surface area (Å²) < 4.78 is 23.8. The first kappa shape index (κ1) is 51.3. The number of rotatable bonds is 6. The number of nitrogens with one attached hydrogen (secondary N) is 1. The van der Waals surface area contributed by atoms with Crippen molar-refractivity contribution < 1.29 is 64.0 Å². The van der Waals surface area contributed by atoms with Gasteiger partial charge in [0.05, 0.1) is 65.1 Å². The summed E-state index contributed by atoms with van der Waals surface area (Å²) >= 11 is 0. The van der Waals surface area contributed by atoms with Crippen LogP contribution in [0.2, 0.25) is 0 Å². The van der Waals surface area contributed by atoms with Crippen LogP contribution in [0.1, 0.15) is 89.4 Å². The molecule has 1 fully saturated rings. The van der Waals surface area contributed by atoms with Crippen LogP contribution in [0.25, 0.3) is 10.8 Å². The highest BCUT2D eigenvalue weighted by Crippen LogP contribution is 2.55. The molecule has 68 heavy (non-hydrogen) atoms. The fourth-order valence-corrected chi connectivity index (χ4v) is 9.64. The van der Waals surface area contributed by atoms with Gasteiger partial charge >= 0.3 is 11.8 Å². The number of anilines is 1. The van der Waals surface area contributed by atoms with Crippen LogP contribution in [-0.4, -0.2) is 127 Å². The van der Waals surface area contributed by atoms with Gasteiger partial charge in [-0.25, -0.2) is 0 Å². The van der Waals surface area contributed by atoms with Gasteiger partial charge in [0.2, 0.25) is 0 Å². The van der Waals surface area contributed by atoms with Gasteiger partial charge in [0, 0.05) is 80.8 Å². The number of allylic oxidation sites excluding steroid dienone is 2. The van der Waals surface area contributed by atoms with Gasteiger partial charge in [-0.05, 0) is 51.5 Å². The number of nitrogens with zero attached hydrogens (tertiary/aromatic N) is 3. The summed E-state index contributed by atoms with van der Waals surface area (Å²) in [6.07, 6.45) is 4.78. The number of Topliss-reactive ketones (excluding diaryl/α,β-unsaturated/α-hetero) is 1. The third-order valence-electron chi connectivity index (χ3n) is 13.6. The molecule has 11 atom stereocenters. The molecule has 4 heterocycles. The molecule has 1 saturated heterocycles. The number of piperazine rings is 1. The summed E-state index contributed by atoms with van der Waals surface area (Å²) in [7, 11) is 1.43. The molecule has 4 aliphatic rings. The average molecular weight is 943 g/mol. The van der Waals surface area contributed by atoms with Crippen molar-refractivity contribution in [2.24, 2.45) is 28.8 Å². The lowest BCUT2D eigenvalue weighted by Crippen LogP contribution is -2.54. The number of phenols is 4. The number of carbonyl (C=O) groups is 3. The van der Waals surface area contributed by atoms with E-state index in [1.807, 2.05) is 31.0 Å². The number of esters is 1. The smallest absolute Gasteiger partial charge is 0.312 e. The Morgan fingerprint density at radius 1 is 0.897 bits per heavy atom. The number of aromatic hydroxyl groups is 4. The van der Waals surface area contributed by atoms with E-state index in [0.717, 1.165) is 5.56 Å². The summed E-state index contributed by atoms with van der Waals surface area (Å²) in [4.78, 5) is 43.3. The number of methoxy groups -OCH3 is 1. The number of ketones is 1. The molecule has 368 valence electrons. The van der Waals surface area contributed by atoms with Crippen molar-refractivity contribution in [3.05, 3.63) is 82.7 Å². The quantitative estimate of drug-likeness (QED) is 0.0614. The van der Waals surface area contributed by atoms with Crippen molar-refractivity contribution in [2.45, 2.75) is 118 Å². The summed E-state index contributed by atoms with van der Waals surface area (Å²) in [6, 6.07) is 6.70. The topological polar surface area (TPSA) is 240 Å². The van der Waals surface area contributed by atoms with Gasteiger partial charge in [-0.15, -0.1) is 0 Å². The largest absolute Gasteiger partial charge is 0.508 e. The highest BCUT2D eigenvalue weighted by molar-refractivity contribution is 6.23. The summed E-state index contributed by atoms with van der Waals surface area (Å²) in [6.45, 7) is 18.3. The number of ether oxygens (including phenoxy) is 4. The SMILES string of the molecule is COC1/C=C/OC2(C)Oc3c(C)c(O)c4c(O)c(c(/C=N/N5C(C)CN(Cc6ccc(O)cc6)CC5C)c(O)c4c3C2=O)NC(=O)/C(C)=C/C=C/C(C)C(O)C(C)C(O)C(C)C(OC(C)=O)C1C. The summed E-state index contributed by atoms with van der Waals surface area (Å²) in [5.41, 5.74) is 0.548. The molecule has 17 nitrogen and oxygen atoms in total. The van der Waals surface area contributed by atoms with E-state index < -0.39 is 88.8 Å². The fourth-order valence-electron chi connectivity index (χ4n) is 9.64. The van der Waals surface area contributed by atoms with E-state index in [4.69, 9.17) is 24.0 Å². The first-order valence-corrected chi connectivity index (χ1v) is 22.9. The molecule has 4 aliphatic heterocycles. The lowest BCUT2D eigenvalue weighted by atomic mass is 9.78. The second-order valence-electron chi connectivity index (χ2n) is 18.8. The predicted octanol–water partition coefficient (Wildman–Crippen LogP) is 6.39. The van der Waals surface area contributed by atoms with Crippen molar-refractivity contribution >= 4 is 40.3 Å². The molecule has 17 heteroatoms. The van der Waals surface area contributed by atoms with Crippen molar-refractivity contribution in [2.75, 3.05) is 25.5 Å². The van der Waals surface area contributed by atoms with E-state index in [1.165, 1.54) is 59.4 Å². The Hall–Kier alpha value is -6.14. The predicted molar refractivity (Wildman–Crippen MR) is 256 cm³/mol. The van der Waals surface area contributed by atoms with E-state index in [1.54, 1.807) is 52.0 Å². The van der Waals surface area contributed by atoms with Crippen LogP contribution in [0.3, 0.4) is 0 Å². The minimum absolute atomic E-state index is 0.0378. The molecule has 7 N–H and O–H groups in total. The molecular formula is C51H66N4O13. The second-order valence-corrected chi connectivity index (χ2v) is 18.8. The van der Waals surface area contributed by atoms with Crippen molar-refractivity contribution in [1.82, 2.24) is 9.91 Å². The second kappa shape index (κ2) is 20.6. The van der Waals surface area contributed by atoms with Crippen molar-refractivity contribution in [3.63, 3.8) is 0 Å². The number of benzene rings is 3. The molecule has 11 unspecified atom stereocenters. The molecule has 5 bridgehead atoms. The maximum absolute atomic E-state index is 14.6. The zero-order valence-corrected chi connectivity index (χ0v) is 40.6. The number of carbonyl (C=O) groups excluding carboxylic acids is 3. The summed E-state index contributed by atoms with van der Waals surface area (Å²) in [5.74, 6) is -8.43. The Morgan fingerprint density at radius 3 is 2.16 bits per heavy atom. The average Bonchev–Trinajstić information content (AvgIpc) is 3.55. The monoisotopic (exact) mass is 942 g/mol. The first-order valence-electron chi connectivity index (χ1n) is 22.9. The van der Waals surface area contributed by atoms with Crippen molar-refractivity contribution in [3.8, 4) is 28.7 Å². The Bertz CT molecular complexity index is 2510. The number of aliphatic hydroxyl groups is 2. The van der Waals surface area contributed by atoms with Crippen LogP contribution in [0.4, 0.5) is 5.69 Å². The van der Waals surface area contributed by atoms with E-state index >= 15 is 0 Å². The molecule has 3 aromatic rings. The fraction of sp³-hybridized carbons (Fsp3) is 0.490. The van der Waals surface area contributed by atoms with E-state index in [0.29, 0.717) is 19.6 Å². The molecule has 0 aromatic heterocycles. The Labute approximate surface area is 396 Å². The van der Waals surface area contributed by atoms with Gasteiger partial charge in [-0.3, -0.25) is 24.3 Å². The number of fused-ring (bicyclic) bond motifs is 14. The minimum atomic E-state index is -2.08. The lowest BCUT2D eigenvalue weighted by Gasteiger charge is -2.42. The molecule has 3 aromatic carbocycles. The van der Waals surface area contributed by atoms with Crippen LogP contribution < -0.4 is 10.1 Å². The number of hydrogen-bond acceptors (Lipinski definition) is 16. The molecule has 7 rings (SSSR count). The number of hydrogen-bond donors (Lipinski definition) is 7. The Kier molecular flexibility index (Phi) is 15.5. The standard InChI is InChI=1S/C51H66N4O13/c1-25-13-12-14-26(2)50(64)53-41-36(21-52-55-27(3)22-54(23-28(55)4)24-34-15-17-35(57)18-16-34)45(61)38-39(46(41)62)44(60)32(8)48-40(38)49(63)51(10,68-48)66-20-19-37(65-11)29(5)47(67-33(9)56)31(7)43(59)30(6)42(25)58/h12-21,25,27-31,37,42-43,47,57-62H,22-24H2,1-11H3,(H,53,64)/b13-12+,20-19+,26-14+,52-21+. The maximum atomic E-state index is 14.6. The lowest BCUT2D eigenvalue weighted by molar-refractivity contribution is -0.160. The van der Waals surface area contributed by atoms with Crippen LogP contribution in [0.5, 0.6) is 28.7 Å². The van der Waals surface area contributed by atoms with Crippen LogP contribution in [0, 0.1) is 30.6 Å². The Balaban J connectivity index is 1.48. The molecule has 0 saturated carbocycles.